The van der Waals surface area contributed by atoms with E-state index >= 15 is 0 Å². The fourth-order valence-electron chi connectivity index (χ4n) is 4.23. The molecule has 0 amide bonds. The maximum atomic E-state index is 9.38. The van der Waals surface area contributed by atoms with Gasteiger partial charge in [-0.25, -0.2) is 0 Å². The average Bonchev–Trinajstić information content (AvgIpc) is 3.54. The molecule has 5 rings (SSSR count). The molecule has 5 nitrogen and oxygen atoms in total. The zero-order valence-electron chi connectivity index (χ0n) is 18.4. The molecular formula is C27H25N5S. The molecule has 0 saturated carbocycles. The Morgan fingerprint density at radius 3 is 2.33 bits per heavy atom. The largest absolute Gasteiger partial charge is 0.296 e. The van der Waals surface area contributed by atoms with E-state index in [0.29, 0.717) is 5.56 Å². The summed E-state index contributed by atoms with van der Waals surface area (Å²) >= 11 is 1.70. The molecule has 1 fully saturated rings. The Morgan fingerprint density at radius 1 is 0.848 bits per heavy atom. The van der Waals surface area contributed by atoms with E-state index in [1.807, 2.05) is 30.3 Å². The summed E-state index contributed by atoms with van der Waals surface area (Å²) in [6, 6.07) is 28.8. The van der Waals surface area contributed by atoms with Crippen LogP contribution >= 0.6 is 11.8 Å². The Morgan fingerprint density at radius 2 is 1.58 bits per heavy atom. The minimum atomic E-state index is 0.695. The Kier molecular flexibility index (Phi) is 6.52. The molecule has 0 N–H and O–H groups in total. The first-order valence-electron chi connectivity index (χ1n) is 11.2. The van der Waals surface area contributed by atoms with E-state index in [0.717, 1.165) is 53.2 Å². The van der Waals surface area contributed by atoms with Gasteiger partial charge in [0, 0.05) is 11.4 Å². The summed E-state index contributed by atoms with van der Waals surface area (Å²) in [7, 11) is 0. The van der Waals surface area contributed by atoms with Crippen LogP contribution in [0.25, 0.3) is 16.8 Å². The van der Waals surface area contributed by atoms with Gasteiger partial charge in [-0.2, -0.15) is 5.26 Å². The van der Waals surface area contributed by atoms with Crippen molar-refractivity contribution in [3.05, 3.63) is 95.8 Å². The third kappa shape index (κ3) is 4.85. The van der Waals surface area contributed by atoms with E-state index in [-0.39, 0.29) is 0 Å². The Labute approximate surface area is 198 Å². The molecule has 164 valence electrons. The van der Waals surface area contributed by atoms with Crippen molar-refractivity contribution in [1.29, 1.82) is 5.26 Å². The number of thioether (sulfide) groups is 1. The molecule has 33 heavy (non-hydrogen) atoms. The van der Waals surface area contributed by atoms with E-state index in [2.05, 4.69) is 74.3 Å². The van der Waals surface area contributed by atoms with E-state index in [9.17, 15) is 5.26 Å². The van der Waals surface area contributed by atoms with Crippen molar-refractivity contribution in [1.82, 2.24) is 19.7 Å². The third-order valence-corrected chi connectivity index (χ3v) is 6.96. The van der Waals surface area contributed by atoms with Crippen LogP contribution in [-0.2, 0) is 12.3 Å². The van der Waals surface area contributed by atoms with Crippen LogP contribution in [0.3, 0.4) is 0 Å². The molecule has 1 aliphatic heterocycles. The number of aromatic nitrogens is 3. The van der Waals surface area contributed by atoms with Crippen LogP contribution in [0.15, 0.2) is 84.0 Å². The highest BCUT2D eigenvalue weighted by Crippen LogP contribution is 2.28. The first kappa shape index (κ1) is 21.4. The van der Waals surface area contributed by atoms with Crippen LogP contribution < -0.4 is 0 Å². The van der Waals surface area contributed by atoms with Gasteiger partial charge in [0.1, 0.15) is 0 Å². The maximum Gasteiger partial charge on any atom is 0.196 e. The van der Waals surface area contributed by atoms with Crippen molar-refractivity contribution in [2.75, 3.05) is 13.1 Å². The quantitative estimate of drug-likeness (QED) is 0.338. The number of benzene rings is 3. The molecule has 0 aliphatic carbocycles. The SMILES string of the molecule is N#Cc1ccccc1-c1ccc(CSc2nnc(CN3CCCC3)n2-c2ccccc2)cc1. The highest BCUT2D eigenvalue weighted by atomic mass is 32.2. The zero-order valence-corrected chi connectivity index (χ0v) is 19.2. The molecule has 0 unspecified atom stereocenters. The van der Waals surface area contributed by atoms with Gasteiger partial charge in [0.15, 0.2) is 11.0 Å². The van der Waals surface area contributed by atoms with Crippen molar-refractivity contribution in [2.24, 2.45) is 0 Å². The van der Waals surface area contributed by atoms with E-state index < -0.39 is 0 Å². The lowest BCUT2D eigenvalue weighted by atomic mass is 10.00. The monoisotopic (exact) mass is 451 g/mol. The molecule has 0 bridgehead atoms. The number of hydrogen-bond acceptors (Lipinski definition) is 5. The van der Waals surface area contributed by atoms with Gasteiger partial charge in [-0.3, -0.25) is 9.47 Å². The van der Waals surface area contributed by atoms with Crippen LogP contribution in [-0.4, -0.2) is 32.8 Å². The van der Waals surface area contributed by atoms with Gasteiger partial charge in [-0.1, -0.05) is 72.4 Å². The van der Waals surface area contributed by atoms with Gasteiger partial charge in [-0.15, -0.1) is 10.2 Å². The predicted octanol–water partition coefficient (Wildman–Crippen LogP) is 5.69. The predicted molar refractivity (Wildman–Crippen MR) is 132 cm³/mol. The summed E-state index contributed by atoms with van der Waals surface area (Å²) in [5.41, 5.74) is 5.03. The third-order valence-electron chi connectivity index (χ3n) is 5.96. The molecule has 2 heterocycles. The number of rotatable bonds is 7. The number of hydrogen-bond donors (Lipinski definition) is 0. The number of likely N-dealkylation sites (tertiary alicyclic amines) is 1. The van der Waals surface area contributed by atoms with Crippen LogP contribution in [0.5, 0.6) is 0 Å². The molecule has 1 aliphatic rings. The van der Waals surface area contributed by atoms with E-state index in [1.165, 1.54) is 18.4 Å². The lowest BCUT2D eigenvalue weighted by Crippen LogP contribution is -2.21. The second-order valence-corrected chi connectivity index (χ2v) is 9.14. The van der Waals surface area contributed by atoms with E-state index in [4.69, 9.17) is 0 Å². The van der Waals surface area contributed by atoms with Crippen molar-refractivity contribution >= 4 is 11.8 Å². The topological polar surface area (TPSA) is 57.7 Å². The smallest absolute Gasteiger partial charge is 0.196 e. The van der Waals surface area contributed by atoms with Crippen molar-refractivity contribution in [3.8, 4) is 22.9 Å². The zero-order chi connectivity index (χ0) is 22.5. The highest BCUT2D eigenvalue weighted by Gasteiger charge is 2.19. The van der Waals surface area contributed by atoms with Crippen molar-refractivity contribution in [3.63, 3.8) is 0 Å². The Hall–Kier alpha value is -3.40. The van der Waals surface area contributed by atoms with Crippen LogP contribution in [0, 0.1) is 11.3 Å². The Balaban J connectivity index is 1.35. The fraction of sp³-hybridized carbons (Fsp3) is 0.222. The summed E-state index contributed by atoms with van der Waals surface area (Å²) in [5, 5.41) is 19.4. The normalized spacial score (nSPS) is 13.8. The summed E-state index contributed by atoms with van der Waals surface area (Å²) in [5.74, 6) is 1.79. The molecule has 4 aromatic rings. The molecule has 1 saturated heterocycles. The first-order valence-corrected chi connectivity index (χ1v) is 12.2. The van der Waals surface area contributed by atoms with Crippen LogP contribution in [0.4, 0.5) is 0 Å². The average molecular weight is 452 g/mol. The lowest BCUT2D eigenvalue weighted by molar-refractivity contribution is 0.319. The molecule has 6 heteroatoms. The fourth-order valence-corrected chi connectivity index (χ4v) is 5.16. The van der Waals surface area contributed by atoms with Gasteiger partial charge in [0.05, 0.1) is 18.2 Å². The molecule has 0 spiro atoms. The van der Waals surface area contributed by atoms with Crippen molar-refractivity contribution in [2.45, 2.75) is 30.3 Å². The molecule has 3 aromatic carbocycles. The molecular weight excluding hydrogens is 426 g/mol. The summed E-state index contributed by atoms with van der Waals surface area (Å²) in [6.45, 7) is 3.09. The standard InChI is InChI=1S/C27H25N5S/c28-18-23-8-4-5-11-25(23)22-14-12-21(13-15-22)20-33-27-30-29-26(19-31-16-6-7-17-31)32(27)24-9-2-1-3-10-24/h1-5,8-15H,6-7,16-17,19-20H2. The van der Waals surface area contributed by atoms with Gasteiger partial charge in [-0.05, 0) is 60.8 Å². The van der Waals surface area contributed by atoms with Crippen LogP contribution in [0.2, 0.25) is 0 Å². The summed E-state index contributed by atoms with van der Waals surface area (Å²) in [4.78, 5) is 2.45. The lowest BCUT2D eigenvalue weighted by Gasteiger charge is -2.16. The summed E-state index contributed by atoms with van der Waals surface area (Å²) in [6.07, 6.45) is 2.52. The first-order chi connectivity index (χ1) is 16.3. The van der Waals surface area contributed by atoms with Crippen molar-refractivity contribution < 1.29 is 0 Å². The minimum absolute atomic E-state index is 0.695. The molecule has 0 atom stereocenters. The summed E-state index contributed by atoms with van der Waals surface area (Å²) < 4.78 is 2.19. The number of nitriles is 1. The Bertz CT molecular complexity index is 1250. The maximum absolute atomic E-state index is 9.38. The second kappa shape index (κ2) is 10.0. The van der Waals surface area contributed by atoms with Crippen LogP contribution in [0.1, 0.15) is 29.8 Å². The van der Waals surface area contributed by atoms with Gasteiger partial charge in [0.25, 0.3) is 0 Å². The second-order valence-electron chi connectivity index (χ2n) is 8.20. The minimum Gasteiger partial charge on any atom is -0.296 e. The molecule has 1 aromatic heterocycles. The number of para-hydroxylation sites is 1. The van der Waals surface area contributed by atoms with Gasteiger partial charge < -0.3 is 0 Å². The van der Waals surface area contributed by atoms with Gasteiger partial charge >= 0.3 is 0 Å². The highest BCUT2D eigenvalue weighted by molar-refractivity contribution is 7.98. The van der Waals surface area contributed by atoms with E-state index in [1.54, 1.807) is 11.8 Å². The number of nitrogens with zero attached hydrogens (tertiary/aromatic N) is 5. The molecule has 0 radical (unpaired) electrons. The van der Waals surface area contributed by atoms with Gasteiger partial charge in [0.2, 0.25) is 0 Å².